The summed E-state index contributed by atoms with van der Waals surface area (Å²) >= 11 is 0. The van der Waals surface area contributed by atoms with Crippen molar-refractivity contribution >= 4 is 5.97 Å². The van der Waals surface area contributed by atoms with Gasteiger partial charge in [-0.2, -0.15) is 0 Å². The number of carboxylic acid groups (broad SMARTS) is 1. The Bertz CT molecular complexity index is 858. The van der Waals surface area contributed by atoms with E-state index in [4.69, 9.17) is 5.11 Å². The van der Waals surface area contributed by atoms with Crippen LogP contribution in [-0.4, -0.2) is 11.1 Å². The maximum Gasteiger partial charge on any atom is 0.303 e. The number of carbonyl (C=O) groups is 1. The molecule has 0 fully saturated rings. The number of unbranched alkanes of at least 4 members (excludes halogenated alkanes) is 8. The fourth-order valence-electron chi connectivity index (χ4n) is 3.33. The second-order valence-electron chi connectivity index (χ2n) is 7.64. The molecule has 0 unspecified atom stereocenters. The summed E-state index contributed by atoms with van der Waals surface area (Å²) in [6.07, 6.45) is 12.1. The van der Waals surface area contributed by atoms with Gasteiger partial charge in [0, 0.05) is 17.5 Å². The minimum atomic E-state index is -0.675. The van der Waals surface area contributed by atoms with E-state index in [9.17, 15) is 4.79 Å². The van der Waals surface area contributed by atoms with Crippen molar-refractivity contribution in [3.63, 3.8) is 0 Å². The first kappa shape index (κ1) is 23.3. The molecule has 0 spiro atoms. The predicted octanol–water partition coefficient (Wildman–Crippen LogP) is 6.62. The van der Waals surface area contributed by atoms with Gasteiger partial charge < -0.3 is 5.11 Å². The molecule has 0 amide bonds. The van der Waals surface area contributed by atoms with Crippen LogP contribution in [0.25, 0.3) is 0 Å². The highest BCUT2D eigenvalue weighted by Gasteiger charge is 1.97. The lowest BCUT2D eigenvalue weighted by Crippen LogP contribution is -1.93. The molecule has 0 aliphatic heterocycles. The van der Waals surface area contributed by atoms with Gasteiger partial charge in [-0.15, -0.1) is 0 Å². The predicted molar refractivity (Wildman–Crippen MR) is 124 cm³/mol. The largest absolute Gasteiger partial charge is 0.481 e. The average molecular weight is 401 g/mol. The Hall–Kier alpha value is -2.97. The SMILES string of the molecule is O=C(O)CCCCCCCCCCCc1ccc(C#CC#Cc2ccccc2)cc1. The summed E-state index contributed by atoms with van der Waals surface area (Å²) in [7, 11) is 0. The molecule has 2 heteroatoms. The zero-order chi connectivity index (χ0) is 21.3. The number of hydrogen-bond donors (Lipinski definition) is 1. The van der Waals surface area contributed by atoms with Crippen molar-refractivity contribution in [1.82, 2.24) is 0 Å². The van der Waals surface area contributed by atoms with Gasteiger partial charge in [-0.3, -0.25) is 4.79 Å². The first-order valence-corrected chi connectivity index (χ1v) is 11.1. The Morgan fingerprint density at radius 1 is 0.633 bits per heavy atom. The Morgan fingerprint density at radius 3 is 1.70 bits per heavy atom. The molecule has 30 heavy (non-hydrogen) atoms. The van der Waals surface area contributed by atoms with Gasteiger partial charge in [0.15, 0.2) is 0 Å². The van der Waals surface area contributed by atoms with Crippen molar-refractivity contribution in [2.75, 3.05) is 0 Å². The van der Waals surface area contributed by atoms with Crippen LogP contribution in [0, 0.1) is 23.7 Å². The van der Waals surface area contributed by atoms with Crippen molar-refractivity contribution in [3.8, 4) is 23.7 Å². The number of rotatable bonds is 12. The minimum absolute atomic E-state index is 0.315. The van der Waals surface area contributed by atoms with E-state index >= 15 is 0 Å². The molecule has 0 aliphatic rings. The van der Waals surface area contributed by atoms with Crippen LogP contribution in [0.2, 0.25) is 0 Å². The maximum atomic E-state index is 10.4. The quantitative estimate of drug-likeness (QED) is 0.321. The molecule has 156 valence electrons. The average Bonchev–Trinajstić information content (AvgIpc) is 2.76. The van der Waals surface area contributed by atoms with Crippen LogP contribution in [0.15, 0.2) is 54.6 Å². The Morgan fingerprint density at radius 2 is 1.13 bits per heavy atom. The number of carboxylic acids is 1. The van der Waals surface area contributed by atoms with Crippen LogP contribution < -0.4 is 0 Å². The third-order valence-electron chi connectivity index (χ3n) is 5.06. The number of aliphatic carboxylic acids is 1. The zero-order valence-electron chi connectivity index (χ0n) is 17.8. The second kappa shape index (κ2) is 14.9. The molecule has 2 rings (SSSR count). The van der Waals surface area contributed by atoms with Crippen LogP contribution in [-0.2, 0) is 11.2 Å². The number of aryl methyl sites for hydroxylation is 1. The number of hydrogen-bond acceptors (Lipinski definition) is 1. The topological polar surface area (TPSA) is 37.3 Å². The molecule has 0 heterocycles. The van der Waals surface area contributed by atoms with Gasteiger partial charge in [0.1, 0.15) is 0 Å². The van der Waals surface area contributed by atoms with E-state index in [2.05, 4.69) is 47.9 Å². The van der Waals surface area contributed by atoms with Gasteiger partial charge in [0.25, 0.3) is 0 Å². The molecule has 0 aromatic heterocycles. The van der Waals surface area contributed by atoms with Crippen LogP contribution >= 0.6 is 0 Å². The van der Waals surface area contributed by atoms with Gasteiger partial charge in [-0.25, -0.2) is 0 Å². The van der Waals surface area contributed by atoms with Gasteiger partial charge in [0.2, 0.25) is 0 Å². The molecule has 0 aliphatic carbocycles. The molecular weight excluding hydrogens is 368 g/mol. The molecule has 0 atom stereocenters. The van der Waals surface area contributed by atoms with E-state index in [0.29, 0.717) is 6.42 Å². The Balaban J connectivity index is 1.54. The van der Waals surface area contributed by atoms with Gasteiger partial charge >= 0.3 is 5.97 Å². The number of benzene rings is 2. The van der Waals surface area contributed by atoms with Crippen molar-refractivity contribution in [3.05, 3.63) is 71.3 Å². The molecular formula is C28H32O2. The van der Waals surface area contributed by atoms with Crippen molar-refractivity contribution in [2.24, 2.45) is 0 Å². The smallest absolute Gasteiger partial charge is 0.303 e. The summed E-state index contributed by atoms with van der Waals surface area (Å²) in [6, 6.07) is 18.4. The summed E-state index contributed by atoms with van der Waals surface area (Å²) in [6.45, 7) is 0. The van der Waals surface area contributed by atoms with Gasteiger partial charge in [0.05, 0.1) is 0 Å². The van der Waals surface area contributed by atoms with Gasteiger partial charge in [-0.05, 0) is 60.9 Å². The van der Waals surface area contributed by atoms with Crippen LogP contribution in [0.3, 0.4) is 0 Å². The Labute approximate surface area is 181 Å². The first-order chi connectivity index (χ1) is 14.7. The van der Waals surface area contributed by atoms with Crippen LogP contribution in [0.5, 0.6) is 0 Å². The molecule has 0 saturated heterocycles. The summed E-state index contributed by atoms with van der Waals surface area (Å²) in [5.74, 6) is 11.3. The Kier molecular flexibility index (Phi) is 11.6. The summed E-state index contributed by atoms with van der Waals surface area (Å²) < 4.78 is 0. The zero-order valence-corrected chi connectivity index (χ0v) is 17.8. The lowest BCUT2D eigenvalue weighted by atomic mass is 10.0. The van der Waals surface area contributed by atoms with Crippen molar-refractivity contribution in [2.45, 2.75) is 70.6 Å². The third kappa shape index (κ3) is 11.1. The van der Waals surface area contributed by atoms with Crippen LogP contribution in [0.4, 0.5) is 0 Å². The monoisotopic (exact) mass is 400 g/mol. The molecule has 0 saturated carbocycles. The molecule has 0 bridgehead atoms. The first-order valence-electron chi connectivity index (χ1n) is 11.1. The molecule has 2 aromatic carbocycles. The standard InChI is InChI=1S/C28H32O2/c29-28(30)20-12-7-5-3-1-2-4-6-9-17-26-21-23-27(24-22-26)19-14-13-18-25-15-10-8-11-16-25/h8,10-11,15-16,21-24H,1-7,9,12,17,20H2,(H,29,30). The van der Waals surface area contributed by atoms with Gasteiger partial charge in [-0.1, -0.05) is 87.1 Å². The van der Waals surface area contributed by atoms with E-state index in [-0.39, 0.29) is 0 Å². The normalized spacial score (nSPS) is 9.87. The lowest BCUT2D eigenvalue weighted by molar-refractivity contribution is -0.137. The highest BCUT2D eigenvalue weighted by molar-refractivity contribution is 5.66. The lowest BCUT2D eigenvalue weighted by Gasteiger charge is -2.03. The fraction of sp³-hybridized carbons (Fsp3) is 0.393. The summed E-state index contributed by atoms with van der Waals surface area (Å²) in [4.78, 5) is 10.4. The van der Waals surface area contributed by atoms with E-state index in [1.54, 1.807) is 0 Å². The summed E-state index contributed by atoms with van der Waals surface area (Å²) in [5.41, 5.74) is 3.36. The van der Waals surface area contributed by atoms with E-state index < -0.39 is 5.97 Å². The fourth-order valence-corrected chi connectivity index (χ4v) is 3.33. The van der Waals surface area contributed by atoms with E-state index in [0.717, 1.165) is 30.4 Å². The highest BCUT2D eigenvalue weighted by atomic mass is 16.4. The molecule has 2 nitrogen and oxygen atoms in total. The highest BCUT2D eigenvalue weighted by Crippen LogP contribution is 2.13. The summed E-state index contributed by atoms with van der Waals surface area (Å²) in [5, 5.41) is 8.60. The second-order valence-corrected chi connectivity index (χ2v) is 7.64. The van der Waals surface area contributed by atoms with E-state index in [1.165, 1.54) is 50.5 Å². The molecule has 0 radical (unpaired) electrons. The molecule has 1 N–H and O–H groups in total. The minimum Gasteiger partial charge on any atom is -0.481 e. The van der Waals surface area contributed by atoms with Crippen molar-refractivity contribution in [1.29, 1.82) is 0 Å². The van der Waals surface area contributed by atoms with Crippen LogP contribution in [0.1, 0.15) is 80.9 Å². The molecule has 2 aromatic rings. The van der Waals surface area contributed by atoms with E-state index in [1.807, 2.05) is 30.3 Å². The van der Waals surface area contributed by atoms with Crippen molar-refractivity contribution < 1.29 is 9.90 Å². The third-order valence-corrected chi connectivity index (χ3v) is 5.06. The maximum absolute atomic E-state index is 10.4.